The number of rotatable bonds is 5. The van der Waals surface area contributed by atoms with Crippen LogP contribution in [-0.4, -0.2) is 28.0 Å². The fourth-order valence-electron chi connectivity index (χ4n) is 2.84. The van der Waals surface area contributed by atoms with Crippen molar-refractivity contribution < 1.29 is 27.5 Å². The van der Waals surface area contributed by atoms with Crippen LogP contribution in [0.5, 0.6) is 0 Å². The van der Waals surface area contributed by atoms with E-state index in [9.17, 15) is 27.6 Å². The molecule has 0 atom stereocenters. The Balaban J connectivity index is 1.86. The highest BCUT2D eigenvalue weighted by atomic mass is 35.5. The third-order valence-electron chi connectivity index (χ3n) is 4.25. The van der Waals surface area contributed by atoms with Gasteiger partial charge < -0.3 is 10.1 Å². The summed E-state index contributed by atoms with van der Waals surface area (Å²) in [5, 5.41) is 1.98. The Morgan fingerprint density at radius 1 is 1.32 bits per heavy atom. The highest BCUT2D eigenvalue weighted by molar-refractivity contribution is 7.20. The van der Waals surface area contributed by atoms with E-state index in [-0.39, 0.29) is 22.6 Å². The van der Waals surface area contributed by atoms with Crippen molar-refractivity contribution in [1.29, 1.82) is 0 Å². The molecule has 0 unspecified atom stereocenters. The number of fused-ring (bicyclic) bond motifs is 1. The maximum Gasteiger partial charge on any atom is 0.417 e. The molecule has 0 saturated heterocycles. The Morgan fingerprint density at radius 3 is 2.68 bits per heavy atom. The van der Waals surface area contributed by atoms with E-state index in [4.69, 9.17) is 16.3 Å². The average Bonchev–Trinajstić information content (AvgIpc) is 3.02. The number of hydrogen-bond donors (Lipinski definition) is 1. The van der Waals surface area contributed by atoms with Gasteiger partial charge in [0.25, 0.3) is 5.56 Å². The largest absolute Gasteiger partial charge is 0.462 e. The molecule has 1 amide bonds. The molecule has 164 valence electrons. The van der Waals surface area contributed by atoms with E-state index in [1.807, 2.05) is 0 Å². The Kier molecular flexibility index (Phi) is 6.37. The Hall–Kier alpha value is -2.92. The van der Waals surface area contributed by atoms with Crippen LogP contribution in [0.3, 0.4) is 0 Å². The molecule has 2 aromatic heterocycles. The number of halogens is 4. The summed E-state index contributed by atoms with van der Waals surface area (Å²) in [5.41, 5.74) is -1.39. The second kappa shape index (κ2) is 8.67. The molecule has 0 fully saturated rings. The zero-order valence-electron chi connectivity index (χ0n) is 16.2. The fraction of sp³-hybridized carbons (Fsp3) is 0.263. The molecular weight excluding hydrogens is 459 g/mol. The molecule has 0 aliphatic carbocycles. The molecule has 0 aliphatic rings. The van der Waals surface area contributed by atoms with Gasteiger partial charge in [0, 0.05) is 5.69 Å². The zero-order valence-corrected chi connectivity index (χ0v) is 17.7. The first-order valence-electron chi connectivity index (χ1n) is 8.85. The summed E-state index contributed by atoms with van der Waals surface area (Å²) in [4.78, 5) is 41.8. The van der Waals surface area contributed by atoms with E-state index in [0.29, 0.717) is 16.5 Å². The van der Waals surface area contributed by atoms with E-state index in [2.05, 4.69) is 10.3 Å². The number of aryl methyl sites for hydroxylation is 1. The van der Waals surface area contributed by atoms with Gasteiger partial charge in [-0.25, -0.2) is 9.78 Å². The SMILES string of the molecule is CCOC(=O)c1sc2ncn(CC(=O)Nc3ccc(Cl)c(C(F)(F)F)c3)c(=O)c2c1C. The Bertz CT molecular complexity index is 1240. The number of ether oxygens (including phenoxy) is 1. The highest BCUT2D eigenvalue weighted by Crippen LogP contribution is 2.36. The molecule has 0 spiro atoms. The molecule has 0 radical (unpaired) electrons. The number of esters is 1. The first-order chi connectivity index (χ1) is 14.5. The molecular formula is C19H15ClF3N3O4S. The molecule has 0 bridgehead atoms. The van der Waals surface area contributed by atoms with Crippen LogP contribution >= 0.6 is 22.9 Å². The first kappa shape index (κ1) is 22.8. The van der Waals surface area contributed by atoms with Crippen molar-refractivity contribution in [3.8, 4) is 0 Å². The molecule has 1 N–H and O–H groups in total. The van der Waals surface area contributed by atoms with Crippen molar-refractivity contribution in [1.82, 2.24) is 9.55 Å². The van der Waals surface area contributed by atoms with Crippen LogP contribution in [0.15, 0.2) is 29.3 Å². The number of nitrogens with one attached hydrogen (secondary N) is 1. The molecule has 1 aromatic carbocycles. The minimum atomic E-state index is -4.68. The van der Waals surface area contributed by atoms with Gasteiger partial charge in [-0.1, -0.05) is 11.6 Å². The molecule has 3 rings (SSSR count). The number of hydrogen-bond acceptors (Lipinski definition) is 6. The number of anilines is 1. The zero-order chi connectivity index (χ0) is 22.9. The number of alkyl halides is 3. The molecule has 3 aromatic rings. The summed E-state index contributed by atoms with van der Waals surface area (Å²) in [6.45, 7) is 2.91. The minimum absolute atomic E-state index is 0.125. The van der Waals surface area contributed by atoms with Gasteiger partial charge in [0.2, 0.25) is 5.91 Å². The quantitative estimate of drug-likeness (QED) is 0.559. The molecule has 12 heteroatoms. The predicted molar refractivity (Wildman–Crippen MR) is 110 cm³/mol. The first-order valence-corrected chi connectivity index (χ1v) is 10.0. The number of amides is 1. The van der Waals surface area contributed by atoms with Crippen molar-refractivity contribution in [3.05, 3.63) is 55.9 Å². The van der Waals surface area contributed by atoms with Crippen LogP contribution in [0.2, 0.25) is 5.02 Å². The normalized spacial score (nSPS) is 11.5. The van der Waals surface area contributed by atoms with Crippen LogP contribution in [-0.2, 0) is 22.3 Å². The predicted octanol–water partition coefficient (Wildman–Crippen LogP) is 4.25. The third kappa shape index (κ3) is 4.72. The lowest BCUT2D eigenvalue weighted by Crippen LogP contribution is -2.28. The second-order valence-corrected chi connectivity index (χ2v) is 7.78. The van der Waals surface area contributed by atoms with E-state index in [1.165, 1.54) is 6.07 Å². The number of benzene rings is 1. The van der Waals surface area contributed by atoms with Crippen molar-refractivity contribution in [3.63, 3.8) is 0 Å². The maximum absolute atomic E-state index is 13.0. The summed E-state index contributed by atoms with van der Waals surface area (Å²) >= 11 is 6.57. The molecule has 2 heterocycles. The average molecular weight is 474 g/mol. The van der Waals surface area contributed by atoms with E-state index in [0.717, 1.165) is 28.3 Å². The molecule has 31 heavy (non-hydrogen) atoms. The van der Waals surface area contributed by atoms with Gasteiger partial charge in [0.15, 0.2) is 0 Å². The number of carbonyl (C=O) groups is 2. The minimum Gasteiger partial charge on any atom is -0.462 e. The van der Waals surface area contributed by atoms with Crippen molar-refractivity contribution in [2.45, 2.75) is 26.6 Å². The van der Waals surface area contributed by atoms with Gasteiger partial charge >= 0.3 is 12.1 Å². The van der Waals surface area contributed by atoms with Crippen LogP contribution < -0.4 is 10.9 Å². The van der Waals surface area contributed by atoms with Gasteiger partial charge in [0.1, 0.15) is 16.3 Å². The third-order valence-corrected chi connectivity index (χ3v) is 5.76. The smallest absolute Gasteiger partial charge is 0.417 e. The van der Waals surface area contributed by atoms with Crippen molar-refractivity contribution in [2.75, 3.05) is 11.9 Å². The standard InChI is InChI=1S/C19H15ClF3N3O4S/c1-3-30-18(29)15-9(2)14-16(31-15)24-8-26(17(14)28)7-13(27)25-10-4-5-12(20)11(6-10)19(21,22)23/h4-6,8H,3,7H2,1-2H3,(H,25,27). The van der Waals surface area contributed by atoms with Gasteiger partial charge in [-0.15, -0.1) is 11.3 Å². The monoisotopic (exact) mass is 473 g/mol. The van der Waals surface area contributed by atoms with Gasteiger partial charge in [-0.2, -0.15) is 13.2 Å². The van der Waals surface area contributed by atoms with Crippen LogP contribution in [0.1, 0.15) is 27.7 Å². The van der Waals surface area contributed by atoms with E-state index < -0.39 is 40.7 Å². The van der Waals surface area contributed by atoms with E-state index >= 15 is 0 Å². The lowest BCUT2D eigenvalue weighted by Gasteiger charge is -2.12. The number of nitrogens with zero attached hydrogens (tertiary/aromatic N) is 2. The Labute approximate surface area is 182 Å². The summed E-state index contributed by atoms with van der Waals surface area (Å²) in [5.74, 6) is -1.31. The lowest BCUT2D eigenvalue weighted by atomic mass is 10.2. The summed E-state index contributed by atoms with van der Waals surface area (Å²) in [6, 6.07) is 2.94. The second-order valence-electron chi connectivity index (χ2n) is 6.37. The van der Waals surface area contributed by atoms with E-state index in [1.54, 1.807) is 13.8 Å². The summed E-state index contributed by atoms with van der Waals surface area (Å²) < 4.78 is 44.9. The number of aromatic nitrogens is 2. The molecule has 7 nitrogen and oxygen atoms in total. The van der Waals surface area contributed by atoms with Gasteiger partial charge in [-0.3, -0.25) is 14.2 Å². The summed E-state index contributed by atoms with van der Waals surface area (Å²) in [6.07, 6.45) is -3.55. The molecule has 0 aliphatic heterocycles. The van der Waals surface area contributed by atoms with Crippen LogP contribution in [0.25, 0.3) is 10.2 Å². The van der Waals surface area contributed by atoms with Crippen molar-refractivity contribution >= 4 is 50.7 Å². The topological polar surface area (TPSA) is 90.3 Å². The van der Waals surface area contributed by atoms with Crippen LogP contribution in [0.4, 0.5) is 18.9 Å². The molecule has 0 saturated carbocycles. The highest BCUT2D eigenvalue weighted by Gasteiger charge is 2.33. The van der Waals surface area contributed by atoms with Crippen LogP contribution in [0, 0.1) is 6.92 Å². The van der Waals surface area contributed by atoms with Gasteiger partial charge in [-0.05, 0) is 37.6 Å². The van der Waals surface area contributed by atoms with Gasteiger partial charge in [0.05, 0.1) is 28.9 Å². The lowest BCUT2D eigenvalue weighted by molar-refractivity contribution is -0.137. The number of thiophene rings is 1. The number of carbonyl (C=O) groups excluding carboxylic acids is 2. The Morgan fingerprint density at radius 2 is 2.03 bits per heavy atom. The van der Waals surface area contributed by atoms with Crippen molar-refractivity contribution in [2.24, 2.45) is 0 Å². The fourth-order valence-corrected chi connectivity index (χ4v) is 4.10. The maximum atomic E-state index is 13.0. The summed E-state index contributed by atoms with van der Waals surface area (Å²) in [7, 11) is 0.